The van der Waals surface area contributed by atoms with Crippen molar-refractivity contribution in [1.29, 1.82) is 0 Å². The van der Waals surface area contributed by atoms with E-state index in [4.69, 9.17) is 4.74 Å². The van der Waals surface area contributed by atoms with Crippen molar-refractivity contribution in [1.82, 2.24) is 0 Å². The maximum atomic E-state index is 12.2. The third-order valence-corrected chi connectivity index (χ3v) is 2.97. The number of hydrogen-bond donors (Lipinski definition) is 1. The lowest BCUT2D eigenvalue weighted by Crippen LogP contribution is -2.32. The molecule has 2 aromatic rings. The Bertz CT molecular complexity index is 566. The van der Waals surface area contributed by atoms with E-state index in [-0.39, 0.29) is 5.91 Å². The van der Waals surface area contributed by atoms with Crippen molar-refractivity contribution in [3.8, 4) is 5.75 Å². The van der Waals surface area contributed by atoms with Crippen LogP contribution in [0.4, 0.5) is 5.69 Å². The fourth-order valence-corrected chi connectivity index (χ4v) is 1.93. The number of rotatable bonds is 5. The van der Waals surface area contributed by atoms with E-state index in [2.05, 4.69) is 5.32 Å². The summed E-state index contributed by atoms with van der Waals surface area (Å²) in [4.78, 5) is 12.2. The molecule has 0 aliphatic carbocycles. The molecule has 0 radical (unpaired) electrons. The summed E-state index contributed by atoms with van der Waals surface area (Å²) in [5, 5.41) is 2.89. The Kier molecular flexibility index (Phi) is 4.77. The highest BCUT2D eigenvalue weighted by Crippen LogP contribution is 2.15. The zero-order valence-electron chi connectivity index (χ0n) is 11.8. The highest BCUT2D eigenvalue weighted by Gasteiger charge is 2.18. The Morgan fingerprint density at radius 1 is 1.15 bits per heavy atom. The molecule has 0 aliphatic rings. The van der Waals surface area contributed by atoms with Gasteiger partial charge in [-0.05, 0) is 43.2 Å². The predicted molar refractivity (Wildman–Crippen MR) is 81.0 cm³/mol. The summed E-state index contributed by atoms with van der Waals surface area (Å²) in [6.45, 7) is 3.93. The first kappa shape index (κ1) is 14.1. The van der Waals surface area contributed by atoms with Crippen LogP contribution in [-0.4, -0.2) is 12.0 Å². The fourth-order valence-electron chi connectivity index (χ4n) is 1.93. The van der Waals surface area contributed by atoms with Crippen LogP contribution in [0.2, 0.25) is 0 Å². The summed E-state index contributed by atoms with van der Waals surface area (Å²) >= 11 is 0. The van der Waals surface area contributed by atoms with Crippen LogP contribution in [0.5, 0.6) is 5.75 Å². The molecular formula is C17H19NO2. The number of aryl methyl sites for hydroxylation is 1. The first-order valence-corrected chi connectivity index (χ1v) is 6.78. The predicted octanol–water partition coefficient (Wildman–Crippen LogP) is 3.79. The first-order chi connectivity index (χ1) is 9.69. The van der Waals surface area contributed by atoms with E-state index in [0.29, 0.717) is 12.2 Å². The quantitative estimate of drug-likeness (QED) is 0.896. The number of carbonyl (C=O) groups excluding carboxylic acids is 1. The van der Waals surface area contributed by atoms with Gasteiger partial charge in [-0.2, -0.15) is 0 Å². The smallest absolute Gasteiger partial charge is 0.265 e. The lowest BCUT2D eigenvalue weighted by Gasteiger charge is -2.17. The monoisotopic (exact) mass is 269 g/mol. The lowest BCUT2D eigenvalue weighted by molar-refractivity contribution is -0.122. The van der Waals surface area contributed by atoms with Crippen molar-refractivity contribution in [3.63, 3.8) is 0 Å². The normalized spacial score (nSPS) is 11.7. The third kappa shape index (κ3) is 3.85. The molecule has 1 amide bonds. The third-order valence-electron chi connectivity index (χ3n) is 2.97. The van der Waals surface area contributed by atoms with Gasteiger partial charge >= 0.3 is 0 Å². The topological polar surface area (TPSA) is 38.3 Å². The van der Waals surface area contributed by atoms with Gasteiger partial charge in [0, 0.05) is 5.69 Å². The summed E-state index contributed by atoms with van der Waals surface area (Å²) in [7, 11) is 0. The fraction of sp³-hybridized carbons (Fsp3) is 0.235. The van der Waals surface area contributed by atoms with Crippen LogP contribution in [0.1, 0.15) is 18.9 Å². The highest BCUT2D eigenvalue weighted by atomic mass is 16.5. The molecule has 0 bridgehead atoms. The molecule has 20 heavy (non-hydrogen) atoms. The maximum Gasteiger partial charge on any atom is 0.265 e. The Hall–Kier alpha value is -2.29. The van der Waals surface area contributed by atoms with Crippen LogP contribution in [-0.2, 0) is 4.79 Å². The average Bonchev–Trinajstić information content (AvgIpc) is 2.45. The van der Waals surface area contributed by atoms with Crippen LogP contribution in [0.3, 0.4) is 0 Å². The maximum absolute atomic E-state index is 12.2. The molecule has 1 atom stereocenters. The minimum absolute atomic E-state index is 0.123. The van der Waals surface area contributed by atoms with E-state index in [1.807, 2.05) is 68.4 Å². The SMILES string of the molecule is CC[C@H](Oc1ccccc1)C(=O)Nc1cccc(C)c1. The Morgan fingerprint density at radius 3 is 2.55 bits per heavy atom. The van der Waals surface area contributed by atoms with Crippen molar-refractivity contribution in [2.24, 2.45) is 0 Å². The molecule has 3 heteroatoms. The number of carbonyl (C=O) groups is 1. The van der Waals surface area contributed by atoms with Crippen LogP contribution in [0, 0.1) is 6.92 Å². The molecule has 0 aliphatic heterocycles. The average molecular weight is 269 g/mol. The zero-order valence-corrected chi connectivity index (χ0v) is 11.8. The van der Waals surface area contributed by atoms with Gasteiger partial charge in [-0.25, -0.2) is 0 Å². The van der Waals surface area contributed by atoms with Gasteiger partial charge in [0.2, 0.25) is 0 Å². The number of nitrogens with one attached hydrogen (secondary N) is 1. The molecule has 104 valence electrons. The summed E-state index contributed by atoms with van der Waals surface area (Å²) in [6, 6.07) is 17.1. The van der Waals surface area contributed by atoms with E-state index in [0.717, 1.165) is 11.3 Å². The van der Waals surface area contributed by atoms with Crippen molar-refractivity contribution in [3.05, 3.63) is 60.2 Å². The van der Waals surface area contributed by atoms with E-state index < -0.39 is 6.10 Å². The number of anilines is 1. The summed E-state index contributed by atoms with van der Waals surface area (Å²) < 4.78 is 5.72. The number of ether oxygens (including phenoxy) is 1. The van der Waals surface area contributed by atoms with Gasteiger partial charge in [0.1, 0.15) is 5.75 Å². The number of para-hydroxylation sites is 1. The Morgan fingerprint density at radius 2 is 1.90 bits per heavy atom. The van der Waals surface area contributed by atoms with Crippen molar-refractivity contribution in [2.75, 3.05) is 5.32 Å². The Balaban J connectivity index is 2.02. The molecule has 2 rings (SSSR count). The molecule has 2 aromatic carbocycles. The molecule has 0 fully saturated rings. The van der Waals surface area contributed by atoms with Crippen LogP contribution >= 0.6 is 0 Å². The number of amides is 1. The van der Waals surface area contributed by atoms with Gasteiger partial charge in [-0.15, -0.1) is 0 Å². The number of hydrogen-bond acceptors (Lipinski definition) is 2. The summed E-state index contributed by atoms with van der Waals surface area (Å²) in [5.41, 5.74) is 1.91. The van der Waals surface area contributed by atoms with E-state index >= 15 is 0 Å². The molecule has 0 heterocycles. The molecular weight excluding hydrogens is 250 g/mol. The van der Waals surface area contributed by atoms with Gasteiger partial charge in [0.15, 0.2) is 6.10 Å². The second-order valence-electron chi connectivity index (χ2n) is 4.69. The minimum Gasteiger partial charge on any atom is -0.481 e. The molecule has 0 unspecified atom stereocenters. The lowest BCUT2D eigenvalue weighted by atomic mass is 10.2. The minimum atomic E-state index is -0.488. The van der Waals surface area contributed by atoms with Gasteiger partial charge in [0.05, 0.1) is 0 Å². The summed E-state index contributed by atoms with van der Waals surface area (Å²) in [6.07, 6.45) is 0.130. The largest absolute Gasteiger partial charge is 0.481 e. The van der Waals surface area contributed by atoms with Crippen molar-refractivity contribution >= 4 is 11.6 Å². The van der Waals surface area contributed by atoms with Crippen LogP contribution in [0.15, 0.2) is 54.6 Å². The molecule has 0 aromatic heterocycles. The highest BCUT2D eigenvalue weighted by molar-refractivity contribution is 5.94. The van der Waals surface area contributed by atoms with E-state index in [9.17, 15) is 4.79 Å². The van der Waals surface area contributed by atoms with Gasteiger partial charge < -0.3 is 10.1 Å². The molecule has 0 saturated carbocycles. The van der Waals surface area contributed by atoms with Gasteiger partial charge in [-0.3, -0.25) is 4.79 Å². The van der Waals surface area contributed by atoms with E-state index in [1.165, 1.54) is 0 Å². The van der Waals surface area contributed by atoms with Crippen molar-refractivity contribution < 1.29 is 9.53 Å². The van der Waals surface area contributed by atoms with Crippen LogP contribution in [0.25, 0.3) is 0 Å². The summed E-state index contributed by atoms with van der Waals surface area (Å²) in [5.74, 6) is 0.584. The zero-order chi connectivity index (χ0) is 14.4. The van der Waals surface area contributed by atoms with E-state index in [1.54, 1.807) is 0 Å². The standard InChI is InChI=1S/C17H19NO2/c1-3-16(20-15-10-5-4-6-11-15)17(19)18-14-9-7-8-13(2)12-14/h4-12,16H,3H2,1-2H3,(H,18,19)/t16-/m0/s1. The molecule has 1 N–H and O–H groups in total. The van der Waals surface area contributed by atoms with Gasteiger partial charge in [0.25, 0.3) is 5.91 Å². The van der Waals surface area contributed by atoms with Crippen molar-refractivity contribution in [2.45, 2.75) is 26.4 Å². The second kappa shape index (κ2) is 6.75. The first-order valence-electron chi connectivity index (χ1n) is 6.78. The second-order valence-corrected chi connectivity index (χ2v) is 4.69. The number of benzene rings is 2. The Labute approximate surface area is 119 Å². The molecule has 3 nitrogen and oxygen atoms in total. The molecule has 0 spiro atoms. The molecule has 0 saturated heterocycles. The van der Waals surface area contributed by atoms with Gasteiger partial charge in [-0.1, -0.05) is 37.3 Å². The van der Waals surface area contributed by atoms with Crippen LogP contribution < -0.4 is 10.1 Å².